The Morgan fingerprint density at radius 2 is 1.90 bits per heavy atom. The van der Waals surface area contributed by atoms with E-state index in [1.54, 1.807) is 6.07 Å². The van der Waals surface area contributed by atoms with Gasteiger partial charge in [-0.3, -0.25) is 9.59 Å². The van der Waals surface area contributed by atoms with Gasteiger partial charge >= 0.3 is 0 Å². The van der Waals surface area contributed by atoms with Gasteiger partial charge in [-0.25, -0.2) is 0 Å². The van der Waals surface area contributed by atoms with Crippen LogP contribution in [0.4, 0.5) is 5.69 Å². The molecule has 1 rings (SSSR count). The minimum absolute atomic E-state index is 0.0553. The van der Waals surface area contributed by atoms with Gasteiger partial charge in [-0.2, -0.15) is 0 Å². The molecule has 110 valence electrons. The average Bonchev–Trinajstić information content (AvgIpc) is 2.38. The summed E-state index contributed by atoms with van der Waals surface area (Å²) in [5.74, 6) is -0.223. The van der Waals surface area contributed by atoms with Crippen LogP contribution in [-0.4, -0.2) is 30.9 Å². The minimum Gasteiger partial charge on any atom is -0.385 e. The average molecular weight is 277 g/mol. The van der Waals surface area contributed by atoms with Gasteiger partial charge in [-0.15, -0.1) is 0 Å². The Hall–Kier alpha value is -2.04. The third-order valence-electron chi connectivity index (χ3n) is 2.63. The molecule has 0 radical (unpaired) electrons. The van der Waals surface area contributed by atoms with E-state index in [2.05, 4.69) is 16.0 Å². The maximum atomic E-state index is 12.1. The topological polar surface area (TPSA) is 70.2 Å². The van der Waals surface area contributed by atoms with E-state index in [1.165, 1.54) is 0 Å². The number of benzene rings is 1. The first kappa shape index (κ1) is 16.0. The minimum atomic E-state index is -0.168. The van der Waals surface area contributed by atoms with Crippen molar-refractivity contribution < 1.29 is 9.59 Å². The Bertz CT molecular complexity index is 458. The van der Waals surface area contributed by atoms with Crippen LogP contribution in [0.2, 0.25) is 0 Å². The quantitative estimate of drug-likeness (QED) is 0.711. The standard InChI is InChI=1S/C15H23N3O2/c1-4-16-13-8-6-5-7-12(13)15(20)17-10-9-14(19)18-11(2)3/h5-8,11,16H,4,9-10H2,1-3H3,(H,17,20)(H,18,19). The van der Waals surface area contributed by atoms with Crippen molar-refractivity contribution in [1.82, 2.24) is 10.6 Å². The Kier molecular flexibility index (Phi) is 6.56. The summed E-state index contributed by atoms with van der Waals surface area (Å²) in [5.41, 5.74) is 1.40. The second-order valence-corrected chi connectivity index (χ2v) is 4.80. The molecule has 0 spiro atoms. The number of para-hydroxylation sites is 1. The SMILES string of the molecule is CCNc1ccccc1C(=O)NCCC(=O)NC(C)C. The largest absolute Gasteiger partial charge is 0.385 e. The first-order chi connectivity index (χ1) is 9.54. The summed E-state index contributed by atoms with van der Waals surface area (Å²) in [5, 5.41) is 8.69. The molecule has 0 saturated heterocycles. The molecular weight excluding hydrogens is 254 g/mol. The van der Waals surface area contributed by atoms with Gasteiger partial charge in [0.25, 0.3) is 5.91 Å². The maximum absolute atomic E-state index is 12.1. The van der Waals surface area contributed by atoms with Crippen molar-refractivity contribution in [3.05, 3.63) is 29.8 Å². The van der Waals surface area contributed by atoms with Crippen LogP contribution in [0.3, 0.4) is 0 Å². The van der Waals surface area contributed by atoms with Gasteiger partial charge in [0.2, 0.25) is 5.91 Å². The van der Waals surface area contributed by atoms with E-state index in [4.69, 9.17) is 0 Å². The summed E-state index contributed by atoms with van der Waals surface area (Å²) in [7, 11) is 0. The molecule has 20 heavy (non-hydrogen) atoms. The summed E-state index contributed by atoms with van der Waals surface area (Å²) >= 11 is 0. The van der Waals surface area contributed by atoms with Crippen LogP contribution < -0.4 is 16.0 Å². The highest BCUT2D eigenvalue weighted by Gasteiger charge is 2.10. The van der Waals surface area contributed by atoms with Gasteiger partial charge in [0.05, 0.1) is 5.56 Å². The molecule has 3 N–H and O–H groups in total. The van der Waals surface area contributed by atoms with Crippen LogP contribution in [0.15, 0.2) is 24.3 Å². The predicted octanol–water partition coefficient (Wildman–Crippen LogP) is 1.76. The number of carbonyl (C=O) groups excluding carboxylic acids is 2. The Morgan fingerprint density at radius 3 is 2.55 bits per heavy atom. The van der Waals surface area contributed by atoms with Crippen molar-refractivity contribution in [2.75, 3.05) is 18.4 Å². The second-order valence-electron chi connectivity index (χ2n) is 4.80. The van der Waals surface area contributed by atoms with E-state index in [0.29, 0.717) is 12.1 Å². The summed E-state index contributed by atoms with van der Waals surface area (Å²) < 4.78 is 0. The second kappa shape index (κ2) is 8.19. The molecule has 0 saturated carbocycles. The number of rotatable bonds is 7. The molecule has 1 aromatic carbocycles. The maximum Gasteiger partial charge on any atom is 0.253 e. The monoisotopic (exact) mass is 277 g/mol. The van der Waals surface area contributed by atoms with Crippen molar-refractivity contribution in [1.29, 1.82) is 0 Å². The van der Waals surface area contributed by atoms with E-state index in [-0.39, 0.29) is 24.3 Å². The first-order valence-electron chi connectivity index (χ1n) is 6.95. The number of amides is 2. The van der Waals surface area contributed by atoms with Crippen molar-refractivity contribution in [3.8, 4) is 0 Å². The highest BCUT2D eigenvalue weighted by Crippen LogP contribution is 2.14. The van der Waals surface area contributed by atoms with Crippen LogP contribution >= 0.6 is 0 Å². The Balaban J connectivity index is 2.49. The van der Waals surface area contributed by atoms with Crippen molar-refractivity contribution in [2.45, 2.75) is 33.2 Å². The normalized spacial score (nSPS) is 10.2. The molecule has 0 unspecified atom stereocenters. The Morgan fingerprint density at radius 1 is 1.20 bits per heavy atom. The zero-order valence-electron chi connectivity index (χ0n) is 12.3. The van der Waals surface area contributed by atoms with Gasteiger partial charge in [0, 0.05) is 31.2 Å². The highest BCUT2D eigenvalue weighted by atomic mass is 16.2. The molecule has 0 aliphatic carbocycles. The third-order valence-corrected chi connectivity index (χ3v) is 2.63. The summed E-state index contributed by atoms with van der Waals surface area (Å²) in [6, 6.07) is 7.45. The lowest BCUT2D eigenvalue weighted by molar-refractivity contribution is -0.121. The molecule has 1 aromatic rings. The van der Waals surface area contributed by atoms with Gasteiger partial charge in [0.15, 0.2) is 0 Å². The lowest BCUT2D eigenvalue weighted by Crippen LogP contribution is -2.34. The van der Waals surface area contributed by atoms with Crippen LogP contribution in [0, 0.1) is 0 Å². The number of hydrogen-bond acceptors (Lipinski definition) is 3. The molecule has 0 fully saturated rings. The van der Waals surface area contributed by atoms with Gasteiger partial charge in [0.1, 0.15) is 0 Å². The molecule has 0 aliphatic rings. The predicted molar refractivity (Wildman–Crippen MR) is 80.8 cm³/mol. The molecule has 0 bridgehead atoms. The first-order valence-corrected chi connectivity index (χ1v) is 6.95. The zero-order valence-corrected chi connectivity index (χ0v) is 12.3. The van der Waals surface area contributed by atoms with Crippen LogP contribution in [-0.2, 0) is 4.79 Å². The number of nitrogens with one attached hydrogen (secondary N) is 3. The fourth-order valence-corrected chi connectivity index (χ4v) is 1.80. The lowest BCUT2D eigenvalue weighted by Gasteiger charge is -2.11. The van der Waals surface area contributed by atoms with Crippen molar-refractivity contribution in [2.24, 2.45) is 0 Å². The van der Waals surface area contributed by atoms with E-state index >= 15 is 0 Å². The van der Waals surface area contributed by atoms with Gasteiger partial charge < -0.3 is 16.0 Å². The Labute approximate surface area is 120 Å². The highest BCUT2D eigenvalue weighted by molar-refractivity contribution is 5.99. The number of hydrogen-bond donors (Lipinski definition) is 3. The number of carbonyl (C=O) groups is 2. The van der Waals surface area contributed by atoms with Crippen LogP contribution in [0.5, 0.6) is 0 Å². The fraction of sp³-hybridized carbons (Fsp3) is 0.467. The summed E-state index contributed by atoms with van der Waals surface area (Å²) in [4.78, 5) is 23.5. The third kappa shape index (κ3) is 5.30. The molecule has 0 atom stereocenters. The smallest absolute Gasteiger partial charge is 0.253 e. The molecule has 5 heteroatoms. The van der Waals surface area contributed by atoms with Crippen LogP contribution in [0.1, 0.15) is 37.6 Å². The zero-order chi connectivity index (χ0) is 15.0. The van der Waals surface area contributed by atoms with E-state index in [0.717, 1.165) is 12.2 Å². The lowest BCUT2D eigenvalue weighted by atomic mass is 10.1. The molecule has 0 heterocycles. The number of anilines is 1. The fourth-order valence-electron chi connectivity index (χ4n) is 1.80. The van der Waals surface area contributed by atoms with Crippen LogP contribution in [0.25, 0.3) is 0 Å². The summed E-state index contributed by atoms with van der Waals surface area (Å²) in [6.45, 7) is 6.87. The van der Waals surface area contributed by atoms with Gasteiger partial charge in [-0.05, 0) is 32.9 Å². The molecule has 0 aromatic heterocycles. The molecular formula is C15H23N3O2. The van der Waals surface area contributed by atoms with E-state index < -0.39 is 0 Å². The molecule has 2 amide bonds. The van der Waals surface area contributed by atoms with Crippen molar-refractivity contribution >= 4 is 17.5 Å². The molecule has 0 aliphatic heterocycles. The van der Waals surface area contributed by atoms with E-state index in [1.807, 2.05) is 39.0 Å². The van der Waals surface area contributed by atoms with Gasteiger partial charge in [-0.1, -0.05) is 12.1 Å². The molecule has 5 nitrogen and oxygen atoms in total. The summed E-state index contributed by atoms with van der Waals surface area (Å²) in [6.07, 6.45) is 0.285. The van der Waals surface area contributed by atoms with E-state index in [9.17, 15) is 9.59 Å². The van der Waals surface area contributed by atoms with Crippen molar-refractivity contribution in [3.63, 3.8) is 0 Å².